The van der Waals surface area contributed by atoms with E-state index in [2.05, 4.69) is 17.0 Å². The Morgan fingerprint density at radius 2 is 1.86 bits per heavy atom. The number of aryl methyl sites for hydroxylation is 1. The number of nitrogens with two attached hydrogens (primary N) is 1. The highest BCUT2D eigenvalue weighted by Crippen LogP contribution is 2.27. The number of amides is 1. The number of fused-ring (bicyclic) bond motifs is 1. The number of carbonyl (C=O) groups is 1. The monoisotopic (exact) mass is 289 g/mol. The smallest absolute Gasteiger partial charge is 0.242 e. The van der Waals surface area contributed by atoms with Gasteiger partial charge < -0.3 is 15.2 Å². The summed E-state index contributed by atoms with van der Waals surface area (Å²) in [5, 5.41) is 0. The number of rotatable bonds is 2. The normalized spacial score (nSPS) is 23.3. The quantitative estimate of drug-likeness (QED) is 0.851. The first-order valence-corrected chi connectivity index (χ1v) is 8.46. The highest BCUT2D eigenvalue weighted by molar-refractivity contribution is 5.76. The molecule has 4 nitrogen and oxygen atoms in total. The summed E-state index contributed by atoms with van der Waals surface area (Å²) in [6.45, 7) is 2.33. The van der Waals surface area contributed by atoms with Crippen molar-refractivity contribution in [3.8, 4) is 0 Å². The van der Waals surface area contributed by atoms with Crippen molar-refractivity contribution >= 4 is 5.91 Å². The van der Waals surface area contributed by atoms with E-state index in [9.17, 15) is 4.79 Å². The van der Waals surface area contributed by atoms with Crippen LogP contribution < -0.4 is 5.73 Å². The maximum absolute atomic E-state index is 12.5. The minimum Gasteiger partial charge on any atom is -0.344 e. The van der Waals surface area contributed by atoms with Crippen molar-refractivity contribution in [3.05, 3.63) is 23.5 Å². The first kappa shape index (κ1) is 14.6. The number of hydrogen-bond acceptors (Lipinski definition) is 2. The third-order valence-corrected chi connectivity index (χ3v) is 4.88. The Kier molecular flexibility index (Phi) is 4.63. The van der Waals surface area contributed by atoms with Crippen molar-refractivity contribution in [2.75, 3.05) is 13.1 Å². The van der Waals surface area contributed by atoms with Crippen LogP contribution in [0.3, 0.4) is 0 Å². The summed E-state index contributed by atoms with van der Waals surface area (Å²) in [7, 11) is 0. The highest BCUT2D eigenvalue weighted by Gasteiger charge is 2.20. The predicted octanol–water partition coefficient (Wildman–Crippen LogP) is 2.62. The fraction of sp³-hybridized carbons (Fsp3) is 0.706. The van der Waals surface area contributed by atoms with Crippen molar-refractivity contribution in [3.63, 3.8) is 0 Å². The van der Waals surface area contributed by atoms with Gasteiger partial charge in [-0.2, -0.15) is 0 Å². The third-order valence-electron chi connectivity index (χ3n) is 4.88. The maximum atomic E-state index is 12.5. The second-order valence-corrected chi connectivity index (χ2v) is 6.56. The lowest BCUT2D eigenvalue weighted by atomic mass is 10.1. The van der Waals surface area contributed by atoms with E-state index in [1.54, 1.807) is 0 Å². The van der Waals surface area contributed by atoms with Crippen LogP contribution in [0.2, 0.25) is 0 Å². The van der Waals surface area contributed by atoms with Crippen LogP contribution in [0.15, 0.2) is 12.4 Å². The van der Waals surface area contributed by atoms with E-state index in [1.807, 2.05) is 4.90 Å². The fourth-order valence-electron chi connectivity index (χ4n) is 3.62. The van der Waals surface area contributed by atoms with Gasteiger partial charge in [0.2, 0.25) is 5.91 Å². The highest BCUT2D eigenvalue weighted by atomic mass is 16.2. The van der Waals surface area contributed by atoms with Crippen LogP contribution in [0, 0.1) is 0 Å². The lowest BCUT2D eigenvalue weighted by molar-refractivity contribution is -0.131. The van der Waals surface area contributed by atoms with Gasteiger partial charge in [-0.05, 0) is 43.2 Å². The molecule has 1 aliphatic heterocycles. The molecular formula is C17H27N3O. The van der Waals surface area contributed by atoms with Gasteiger partial charge in [0, 0.05) is 31.5 Å². The van der Waals surface area contributed by atoms with E-state index in [1.165, 1.54) is 36.8 Å². The van der Waals surface area contributed by atoms with Crippen molar-refractivity contribution in [2.45, 2.75) is 64.0 Å². The Bertz CT molecular complexity index is 486. The lowest BCUT2D eigenvalue weighted by Gasteiger charge is -2.20. The van der Waals surface area contributed by atoms with Gasteiger partial charge >= 0.3 is 0 Å². The van der Waals surface area contributed by atoms with E-state index in [0.29, 0.717) is 6.54 Å². The standard InChI is InChI=1S/C17H27N3O/c18-16-8-4-3-7-14-11-19(12-15(14)16)13-17(21)20-9-5-1-2-6-10-20/h11-12,16H,1-10,13,18H2. The number of nitrogens with zero attached hydrogens (tertiary/aromatic N) is 2. The molecule has 0 radical (unpaired) electrons. The molecule has 0 saturated carbocycles. The molecule has 1 fully saturated rings. The Labute approximate surface area is 127 Å². The molecule has 1 saturated heterocycles. The molecule has 1 amide bonds. The molecule has 1 unspecified atom stereocenters. The molecule has 1 atom stereocenters. The zero-order valence-corrected chi connectivity index (χ0v) is 12.9. The van der Waals surface area contributed by atoms with E-state index < -0.39 is 0 Å². The first-order chi connectivity index (χ1) is 10.2. The third kappa shape index (κ3) is 3.49. The molecule has 116 valence electrons. The van der Waals surface area contributed by atoms with Crippen molar-refractivity contribution < 1.29 is 4.79 Å². The van der Waals surface area contributed by atoms with Gasteiger partial charge in [0.25, 0.3) is 0 Å². The van der Waals surface area contributed by atoms with Gasteiger partial charge in [0.1, 0.15) is 6.54 Å². The minimum absolute atomic E-state index is 0.150. The number of aromatic nitrogens is 1. The van der Waals surface area contributed by atoms with Crippen LogP contribution in [-0.4, -0.2) is 28.5 Å². The lowest BCUT2D eigenvalue weighted by Crippen LogP contribution is -2.34. The summed E-state index contributed by atoms with van der Waals surface area (Å²) >= 11 is 0. The van der Waals surface area contributed by atoms with Crippen LogP contribution >= 0.6 is 0 Å². The largest absolute Gasteiger partial charge is 0.344 e. The van der Waals surface area contributed by atoms with Crippen LogP contribution in [-0.2, 0) is 17.8 Å². The molecule has 4 heteroatoms. The van der Waals surface area contributed by atoms with E-state index in [0.717, 1.165) is 38.8 Å². The summed E-state index contributed by atoms with van der Waals surface area (Å²) in [5.74, 6) is 0.260. The topological polar surface area (TPSA) is 51.3 Å². The average molecular weight is 289 g/mol. The molecule has 3 rings (SSSR count). The zero-order chi connectivity index (χ0) is 14.7. The number of hydrogen-bond donors (Lipinski definition) is 1. The maximum Gasteiger partial charge on any atom is 0.242 e. The van der Waals surface area contributed by atoms with Crippen LogP contribution in [0.1, 0.15) is 62.1 Å². The van der Waals surface area contributed by atoms with Crippen LogP contribution in [0.25, 0.3) is 0 Å². The minimum atomic E-state index is 0.150. The van der Waals surface area contributed by atoms with Gasteiger partial charge in [-0.25, -0.2) is 0 Å². The summed E-state index contributed by atoms with van der Waals surface area (Å²) in [6, 6.07) is 0.150. The molecule has 21 heavy (non-hydrogen) atoms. The van der Waals surface area contributed by atoms with Crippen molar-refractivity contribution in [1.82, 2.24) is 9.47 Å². The van der Waals surface area contributed by atoms with E-state index >= 15 is 0 Å². The van der Waals surface area contributed by atoms with Crippen molar-refractivity contribution in [1.29, 1.82) is 0 Å². The molecule has 0 spiro atoms. The van der Waals surface area contributed by atoms with E-state index in [-0.39, 0.29) is 11.9 Å². The molecule has 1 aromatic rings. The zero-order valence-electron chi connectivity index (χ0n) is 12.9. The molecule has 2 aliphatic rings. The predicted molar refractivity (Wildman–Crippen MR) is 84.0 cm³/mol. The number of carbonyl (C=O) groups excluding carboxylic acids is 1. The molecule has 0 aromatic carbocycles. The Hall–Kier alpha value is -1.29. The Balaban J connectivity index is 1.67. The van der Waals surface area contributed by atoms with E-state index in [4.69, 9.17) is 5.73 Å². The molecule has 1 aliphatic carbocycles. The molecule has 2 heterocycles. The average Bonchev–Trinajstić information content (AvgIpc) is 2.66. The van der Waals surface area contributed by atoms with Gasteiger partial charge in [-0.1, -0.05) is 19.3 Å². The Morgan fingerprint density at radius 3 is 2.62 bits per heavy atom. The molecule has 0 bridgehead atoms. The van der Waals surface area contributed by atoms with Crippen LogP contribution in [0.4, 0.5) is 0 Å². The second kappa shape index (κ2) is 6.65. The van der Waals surface area contributed by atoms with Crippen molar-refractivity contribution in [2.24, 2.45) is 5.73 Å². The van der Waals surface area contributed by atoms with Crippen LogP contribution in [0.5, 0.6) is 0 Å². The molecule has 1 aromatic heterocycles. The first-order valence-electron chi connectivity index (χ1n) is 8.46. The summed E-state index contributed by atoms with van der Waals surface area (Å²) < 4.78 is 2.06. The summed E-state index contributed by atoms with van der Waals surface area (Å²) in [4.78, 5) is 14.5. The summed E-state index contributed by atoms with van der Waals surface area (Å²) in [6.07, 6.45) is 13.7. The molecular weight excluding hydrogens is 262 g/mol. The Morgan fingerprint density at radius 1 is 1.10 bits per heavy atom. The SMILES string of the molecule is NC1CCCCc2cn(CC(=O)N3CCCCCC3)cc21. The summed E-state index contributed by atoms with van der Waals surface area (Å²) in [5.41, 5.74) is 8.86. The van der Waals surface area contributed by atoms with Gasteiger partial charge in [0.15, 0.2) is 0 Å². The van der Waals surface area contributed by atoms with Gasteiger partial charge in [0.05, 0.1) is 0 Å². The fourth-order valence-corrected chi connectivity index (χ4v) is 3.62. The second-order valence-electron chi connectivity index (χ2n) is 6.56. The van der Waals surface area contributed by atoms with Gasteiger partial charge in [-0.15, -0.1) is 0 Å². The molecule has 2 N–H and O–H groups in total. The van der Waals surface area contributed by atoms with Gasteiger partial charge in [-0.3, -0.25) is 4.79 Å². The number of likely N-dealkylation sites (tertiary alicyclic amines) is 1.